The molecule has 0 aliphatic rings. The SMILES string of the molecule is Cc1c(NCc2nnc(-c3ccccc3)o2)c(=O)n(-c2ccccc2)n1C. The summed E-state index contributed by atoms with van der Waals surface area (Å²) in [5.41, 5.74) is 2.89. The van der Waals surface area contributed by atoms with E-state index >= 15 is 0 Å². The van der Waals surface area contributed by atoms with Crippen LogP contribution in [0.25, 0.3) is 17.1 Å². The summed E-state index contributed by atoms with van der Waals surface area (Å²) in [5, 5.41) is 11.3. The van der Waals surface area contributed by atoms with Crippen molar-refractivity contribution in [1.82, 2.24) is 19.6 Å². The Hall–Kier alpha value is -3.61. The minimum absolute atomic E-state index is 0.121. The maximum Gasteiger partial charge on any atom is 0.295 e. The fourth-order valence-electron chi connectivity index (χ4n) is 2.96. The Morgan fingerprint density at radius 3 is 2.37 bits per heavy atom. The number of benzene rings is 2. The molecule has 2 aromatic heterocycles. The Kier molecular flexibility index (Phi) is 4.33. The summed E-state index contributed by atoms with van der Waals surface area (Å²) in [5.74, 6) is 0.877. The quantitative estimate of drug-likeness (QED) is 0.591. The number of nitrogens with one attached hydrogen (secondary N) is 1. The fraction of sp³-hybridized carbons (Fsp3) is 0.150. The third-order valence-electron chi connectivity index (χ3n) is 4.46. The van der Waals surface area contributed by atoms with Gasteiger partial charge in [-0.15, -0.1) is 10.2 Å². The average molecular weight is 361 g/mol. The molecule has 7 nitrogen and oxygen atoms in total. The summed E-state index contributed by atoms with van der Waals surface area (Å²) < 4.78 is 9.14. The van der Waals surface area contributed by atoms with Gasteiger partial charge in [0.2, 0.25) is 11.8 Å². The van der Waals surface area contributed by atoms with Crippen LogP contribution in [0.4, 0.5) is 5.69 Å². The van der Waals surface area contributed by atoms with Crippen LogP contribution in [0.15, 0.2) is 69.9 Å². The number of hydrogen-bond donors (Lipinski definition) is 1. The second kappa shape index (κ2) is 6.95. The lowest BCUT2D eigenvalue weighted by Crippen LogP contribution is -2.21. The van der Waals surface area contributed by atoms with Gasteiger partial charge in [-0.1, -0.05) is 36.4 Å². The zero-order valence-corrected chi connectivity index (χ0v) is 15.1. The smallest absolute Gasteiger partial charge is 0.295 e. The molecule has 1 N–H and O–H groups in total. The molecule has 0 amide bonds. The van der Waals surface area contributed by atoms with Crippen LogP contribution in [0.1, 0.15) is 11.6 Å². The van der Waals surface area contributed by atoms with E-state index < -0.39 is 0 Å². The van der Waals surface area contributed by atoms with Gasteiger partial charge in [0.1, 0.15) is 5.69 Å². The molecule has 27 heavy (non-hydrogen) atoms. The molecule has 4 aromatic rings. The lowest BCUT2D eigenvalue weighted by molar-refractivity contribution is 0.515. The van der Waals surface area contributed by atoms with Crippen LogP contribution < -0.4 is 10.9 Å². The highest BCUT2D eigenvalue weighted by Crippen LogP contribution is 2.18. The van der Waals surface area contributed by atoms with Crippen molar-refractivity contribution < 1.29 is 4.42 Å². The highest BCUT2D eigenvalue weighted by atomic mass is 16.4. The largest absolute Gasteiger partial charge is 0.419 e. The molecule has 0 radical (unpaired) electrons. The van der Waals surface area contributed by atoms with E-state index in [9.17, 15) is 4.79 Å². The van der Waals surface area contributed by atoms with E-state index in [1.807, 2.05) is 79.3 Å². The van der Waals surface area contributed by atoms with Gasteiger partial charge in [-0.2, -0.15) is 0 Å². The van der Waals surface area contributed by atoms with Crippen molar-refractivity contribution in [1.29, 1.82) is 0 Å². The molecule has 0 unspecified atom stereocenters. The summed E-state index contributed by atoms with van der Waals surface area (Å²) in [4.78, 5) is 12.9. The number of anilines is 1. The van der Waals surface area contributed by atoms with Gasteiger partial charge in [0, 0.05) is 12.6 Å². The maximum absolute atomic E-state index is 12.9. The first kappa shape index (κ1) is 16.8. The number of hydrogen-bond acceptors (Lipinski definition) is 5. The molecule has 0 spiro atoms. The van der Waals surface area contributed by atoms with Gasteiger partial charge >= 0.3 is 0 Å². The molecule has 0 saturated carbocycles. The molecule has 0 aliphatic heterocycles. The average Bonchev–Trinajstić information content (AvgIpc) is 3.26. The third-order valence-corrected chi connectivity index (χ3v) is 4.46. The number of rotatable bonds is 5. The number of aromatic nitrogens is 4. The van der Waals surface area contributed by atoms with E-state index in [1.54, 1.807) is 4.68 Å². The van der Waals surface area contributed by atoms with Crippen molar-refractivity contribution in [3.05, 3.63) is 82.6 Å². The molecule has 2 heterocycles. The Bertz CT molecular complexity index is 1110. The molecular formula is C20H19N5O2. The van der Waals surface area contributed by atoms with Gasteiger partial charge in [-0.25, -0.2) is 4.68 Å². The second-order valence-corrected chi connectivity index (χ2v) is 6.16. The van der Waals surface area contributed by atoms with Crippen LogP contribution in [0.5, 0.6) is 0 Å². The Morgan fingerprint density at radius 2 is 1.67 bits per heavy atom. The molecule has 0 fully saturated rings. The Morgan fingerprint density at radius 1 is 1.00 bits per heavy atom. The topological polar surface area (TPSA) is 77.9 Å². The highest BCUT2D eigenvalue weighted by Gasteiger charge is 2.17. The summed E-state index contributed by atoms with van der Waals surface area (Å²) in [6, 6.07) is 19.1. The van der Waals surface area contributed by atoms with Crippen LogP contribution in [-0.4, -0.2) is 19.6 Å². The van der Waals surface area contributed by atoms with Crippen molar-refractivity contribution in [2.75, 3.05) is 5.32 Å². The molecule has 0 bridgehead atoms. The summed E-state index contributed by atoms with van der Waals surface area (Å²) in [6.07, 6.45) is 0. The normalized spacial score (nSPS) is 10.9. The highest BCUT2D eigenvalue weighted by molar-refractivity contribution is 5.52. The van der Waals surface area contributed by atoms with E-state index in [0.717, 1.165) is 16.9 Å². The van der Waals surface area contributed by atoms with E-state index in [4.69, 9.17) is 4.42 Å². The van der Waals surface area contributed by atoms with Gasteiger partial charge < -0.3 is 9.73 Å². The van der Waals surface area contributed by atoms with Crippen molar-refractivity contribution in [2.24, 2.45) is 7.05 Å². The zero-order chi connectivity index (χ0) is 18.8. The second-order valence-electron chi connectivity index (χ2n) is 6.16. The molecule has 7 heteroatoms. The van der Waals surface area contributed by atoms with Crippen molar-refractivity contribution in [2.45, 2.75) is 13.5 Å². The van der Waals surface area contributed by atoms with Gasteiger partial charge in [0.25, 0.3) is 5.56 Å². The number of nitrogens with zero attached hydrogens (tertiary/aromatic N) is 4. The van der Waals surface area contributed by atoms with E-state index in [1.165, 1.54) is 0 Å². The first-order valence-corrected chi connectivity index (χ1v) is 8.61. The van der Waals surface area contributed by atoms with E-state index in [2.05, 4.69) is 15.5 Å². The lowest BCUT2D eigenvalue weighted by atomic mass is 10.2. The molecule has 0 atom stereocenters. The first-order chi connectivity index (χ1) is 13.1. The molecule has 4 rings (SSSR count). The van der Waals surface area contributed by atoms with Crippen LogP contribution >= 0.6 is 0 Å². The molecule has 0 aliphatic carbocycles. The van der Waals surface area contributed by atoms with Crippen molar-refractivity contribution in [3.8, 4) is 17.1 Å². The van der Waals surface area contributed by atoms with Gasteiger partial charge in [-0.3, -0.25) is 9.48 Å². The van der Waals surface area contributed by atoms with Crippen LogP contribution in [-0.2, 0) is 13.6 Å². The predicted octanol–water partition coefficient (Wildman–Crippen LogP) is 3.15. The minimum Gasteiger partial charge on any atom is -0.419 e. The lowest BCUT2D eigenvalue weighted by Gasteiger charge is -2.07. The summed E-state index contributed by atoms with van der Waals surface area (Å²) in [6.45, 7) is 2.17. The Balaban J connectivity index is 1.58. The van der Waals surface area contributed by atoms with E-state index in [0.29, 0.717) is 17.5 Å². The monoisotopic (exact) mass is 361 g/mol. The van der Waals surface area contributed by atoms with Crippen LogP contribution in [0.2, 0.25) is 0 Å². The van der Waals surface area contributed by atoms with Crippen molar-refractivity contribution in [3.63, 3.8) is 0 Å². The predicted molar refractivity (Wildman–Crippen MR) is 103 cm³/mol. The summed E-state index contributed by atoms with van der Waals surface area (Å²) in [7, 11) is 1.86. The van der Waals surface area contributed by atoms with Crippen molar-refractivity contribution >= 4 is 5.69 Å². The third kappa shape index (κ3) is 3.15. The molecular weight excluding hydrogens is 342 g/mol. The van der Waals surface area contributed by atoms with Gasteiger partial charge in [-0.05, 0) is 31.2 Å². The van der Waals surface area contributed by atoms with Gasteiger partial charge in [0.15, 0.2) is 0 Å². The molecule has 2 aromatic carbocycles. The fourth-order valence-corrected chi connectivity index (χ4v) is 2.96. The zero-order valence-electron chi connectivity index (χ0n) is 15.1. The first-order valence-electron chi connectivity index (χ1n) is 8.61. The summed E-state index contributed by atoms with van der Waals surface area (Å²) >= 11 is 0. The van der Waals surface area contributed by atoms with Crippen LogP contribution in [0, 0.1) is 6.92 Å². The van der Waals surface area contributed by atoms with E-state index in [-0.39, 0.29) is 12.1 Å². The minimum atomic E-state index is -0.121. The molecule has 0 saturated heterocycles. The number of para-hydroxylation sites is 1. The maximum atomic E-state index is 12.9. The molecule has 136 valence electrons. The Labute approximate surface area is 155 Å². The van der Waals surface area contributed by atoms with Crippen LogP contribution in [0.3, 0.4) is 0 Å². The standard InChI is InChI=1S/C20H19N5O2/c1-14-18(20(26)25(24(14)2)16-11-7-4-8-12-16)21-13-17-22-23-19(27-17)15-9-5-3-6-10-15/h3-12,21H,13H2,1-2H3. The van der Waals surface area contributed by atoms with Gasteiger partial charge in [0.05, 0.1) is 17.9 Å².